The molecule has 6 heteroatoms. The summed E-state index contributed by atoms with van der Waals surface area (Å²) in [5.74, 6) is -0.461. The number of carbonyl (C=O) groups excluding carboxylic acids is 1. The molecule has 0 unspecified atom stereocenters. The molecular weight excluding hydrogens is 282 g/mol. The zero-order valence-electron chi connectivity index (χ0n) is 12.8. The van der Waals surface area contributed by atoms with E-state index in [4.69, 9.17) is 4.52 Å². The first-order chi connectivity index (χ1) is 10.5. The third-order valence-corrected chi connectivity index (χ3v) is 3.21. The van der Waals surface area contributed by atoms with Gasteiger partial charge in [0.2, 0.25) is 5.91 Å². The Labute approximate surface area is 128 Å². The predicted octanol–water partition coefficient (Wildman–Crippen LogP) is 1.93. The molecule has 1 amide bonds. The normalized spacial score (nSPS) is 10.5. The zero-order chi connectivity index (χ0) is 16.1. The average molecular weight is 301 g/mol. The summed E-state index contributed by atoms with van der Waals surface area (Å²) in [6.45, 7) is 8.47. The molecule has 1 aromatic heterocycles. The van der Waals surface area contributed by atoms with Gasteiger partial charge in [-0.05, 0) is 13.8 Å². The molecular formula is C16H19N3O3. The fraction of sp³-hybridized carbons (Fsp3) is 0.312. The largest absolute Gasteiger partial charge is 0.442 e. The quantitative estimate of drug-likeness (QED) is 0.765. The van der Waals surface area contributed by atoms with Crippen molar-refractivity contribution < 1.29 is 9.32 Å². The minimum absolute atomic E-state index is 0.103. The van der Waals surface area contributed by atoms with E-state index in [9.17, 15) is 9.59 Å². The van der Waals surface area contributed by atoms with Gasteiger partial charge in [0.05, 0.1) is 0 Å². The van der Waals surface area contributed by atoms with E-state index in [-0.39, 0.29) is 12.5 Å². The van der Waals surface area contributed by atoms with E-state index in [2.05, 4.69) is 11.7 Å². The summed E-state index contributed by atoms with van der Waals surface area (Å²) in [4.78, 5) is 25.8. The number of nitrogens with zero attached hydrogens (tertiary/aromatic N) is 3. The highest BCUT2D eigenvalue weighted by molar-refractivity contribution is 5.77. The number of aromatic nitrogens is 2. The van der Waals surface area contributed by atoms with E-state index < -0.39 is 5.76 Å². The lowest BCUT2D eigenvalue weighted by molar-refractivity contribution is -0.131. The van der Waals surface area contributed by atoms with Crippen LogP contribution in [0.3, 0.4) is 0 Å². The van der Waals surface area contributed by atoms with Crippen molar-refractivity contribution in [1.29, 1.82) is 0 Å². The summed E-state index contributed by atoms with van der Waals surface area (Å²) in [7, 11) is 0. The monoisotopic (exact) mass is 301 g/mol. The number of rotatable bonds is 6. The van der Waals surface area contributed by atoms with Crippen LogP contribution in [0.1, 0.15) is 13.8 Å². The van der Waals surface area contributed by atoms with Crippen LogP contribution in [-0.2, 0) is 11.3 Å². The van der Waals surface area contributed by atoms with Crippen molar-refractivity contribution in [1.82, 2.24) is 14.6 Å². The summed E-state index contributed by atoms with van der Waals surface area (Å²) >= 11 is 0. The summed E-state index contributed by atoms with van der Waals surface area (Å²) in [5, 5.41) is 3.77. The lowest BCUT2D eigenvalue weighted by atomic mass is 10.2. The van der Waals surface area contributed by atoms with Gasteiger partial charge in [-0.3, -0.25) is 9.32 Å². The van der Waals surface area contributed by atoms with Gasteiger partial charge in [0.25, 0.3) is 0 Å². The molecule has 0 saturated carbocycles. The Balaban J connectivity index is 2.27. The van der Waals surface area contributed by atoms with Gasteiger partial charge in [0.1, 0.15) is 6.54 Å². The molecule has 6 nitrogen and oxygen atoms in total. The number of carbonyl (C=O) groups is 1. The Kier molecular flexibility index (Phi) is 4.93. The fourth-order valence-electron chi connectivity index (χ4n) is 2.14. The van der Waals surface area contributed by atoms with Crippen molar-refractivity contribution >= 4 is 5.91 Å². The van der Waals surface area contributed by atoms with Crippen molar-refractivity contribution in [3.05, 3.63) is 53.0 Å². The number of benzene rings is 1. The van der Waals surface area contributed by atoms with Crippen LogP contribution in [0.25, 0.3) is 11.4 Å². The van der Waals surface area contributed by atoms with Crippen molar-refractivity contribution in [2.45, 2.75) is 20.4 Å². The molecule has 2 rings (SSSR count). The smallest absolute Gasteiger partial charge is 0.337 e. The number of likely N-dealkylation sites (N-methyl/N-ethyl adjacent to an activating group) is 1. The lowest BCUT2D eigenvalue weighted by Gasteiger charge is -2.21. The van der Waals surface area contributed by atoms with Crippen molar-refractivity contribution in [3.8, 4) is 11.4 Å². The summed E-state index contributed by atoms with van der Waals surface area (Å²) < 4.78 is 5.96. The maximum atomic E-state index is 12.4. The Bertz CT molecular complexity index is 716. The van der Waals surface area contributed by atoms with Crippen LogP contribution in [-0.4, -0.2) is 33.6 Å². The lowest BCUT2D eigenvalue weighted by Crippen LogP contribution is -2.36. The molecule has 2 aromatic rings. The van der Waals surface area contributed by atoms with Gasteiger partial charge >= 0.3 is 5.76 Å². The van der Waals surface area contributed by atoms with Crippen LogP contribution >= 0.6 is 0 Å². The standard InChI is InChI=1S/C16H19N3O3/c1-4-18(10-12(2)3)14(20)11-19-15(17-22-16(19)21)13-8-6-5-7-9-13/h5-9H,2,4,10-11H2,1,3H3. The molecule has 0 aliphatic heterocycles. The maximum absolute atomic E-state index is 12.4. The van der Waals surface area contributed by atoms with E-state index in [1.165, 1.54) is 4.57 Å². The van der Waals surface area contributed by atoms with E-state index in [1.54, 1.807) is 4.90 Å². The third-order valence-electron chi connectivity index (χ3n) is 3.21. The molecule has 0 atom stereocenters. The second kappa shape index (κ2) is 6.89. The third kappa shape index (κ3) is 3.52. The summed E-state index contributed by atoms with van der Waals surface area (Å²) in [6, 6.07) is 9.15. The van der Waals surface area contributed by atoms with Gasteiger partial charge in [-0.2, -0.15) is 0 Å². The van der Waals surface area contributed by atoms with Crippen molar-refractivity contribution in [2.75, 3.05) is 13.1 Å². The Hall–Kier alpha value is -2.63. The van der Waals surface area contributed by atoms with Gasteiger partial charge in [-0.15, -0.1) is 0 Å². The molecule has 22 heavy (non-hydrogen) atoms. The maximum Gasteiger partial charge on any atom is 0.442 e. The minimum atomic E-state index is -0.640. The van der Waals surface area contributed by atoms with Crippen LogP contribution in [0.15, 0.2) is 51.8 Å². The highest BCUT2D eigenvalue weighted by Crippen LogP contribution is 2.15. The molecule has 0 radical (unpaired) electrons. The van der Waals surface area contributed by atoms with Gasteiger partial charge in [0, 0.05) is 18.7 Å². The molecule has 0 fully saturated rings. The average Bonchev–Trinajstić information content (AvgIpc) is 2.86. The molecule has 0 N–H and O–H groups in total. The van der Waals surface area contributed by atoms with E-state index >= 15 is 0 Å². The van der Waals surface area contributed by atoms with E-state index in [0.717, 1.165) is 11.1 Å². The van der Waals surface area contributed by atoms with Crippen molar-refractivity contribution in [2.24, 2.45) is 0 Å². The molecule has 0 aliphatic rings. The Morgan fingerprint density at radius 3 is 2.64 bits per heavy atom. The van der Waals surface area contributed by atoms with E-state index in [0.29, 0.717) is 18.9 Å². The first-order valence-corrected chi connectivity index (χ1v) is 7.07. The van der Waals surface area contributed by atoms with Crippen molar-refractivity contribution in [3.63, 3.8) is 0 Å². The molecule has 0 spiro atoms. The minimum Gasteiger partial charge on any atom is -0.337 e. The molecule has 0 bridgehead atoms. The topological polar surface area (TPSA) is 68.3 Å². The highest BCUT2D eigenvalue weighted by Gasteiger charge is 2.19. The van der Waals surface area contributed by atoms with Crippen LogP contribution in [0.4, 0.5) is 0 Å². The second-order valence-corrected chi connectivity index (χ2v) is 5.09. The number of amides is 1. The summed E-state index contributed by atoms with van der Waals surface area (Å²) in [5.41, 5.74) is 1.61. The van der Waals surface area contributed by atoms with Gasteiger partial charge in [-0.25, -0.2) is 9.36 Å². The zero-order valence-corrected chi connectivity index (χ0v) is 12.8. The molecule has 116 valence electrons. The highest BCUT2D eigenvalue weighted by atomic mass is 16.5. The SMILES string of the molecule is C=C(C)CN(CC)C(=O)Cn1c(-c2ccccc2)noc1=O. The van der Waals surface area contributed by atoms with Crippen LogP contribution in [0.5, 0.6) is 0 Å². The first-order valence-electron chi connectivity index (χ1n) is 7.07. The summed E-state index contributed by atoms with van der Waals surface area (Å²) in [6.07, 6.45) is 0. The van der Waals surface area contributed by atoms with Gasteiger partial charge < -0.3 is 4.90 Å². The molecule has 1 heterocycles. The molecule has 0 aliphatic carbocycles. The fourth-order valence-corrected chi connectivity index (χ4v) is 2.14. The van der Waals surface area contributed by atoms with Crippen LogP contribution < -0.4 is 5.76 Å². The van der Waals surface area contributed by atoms with Gasteiger partial charge in [0.15, 0.2) is 5.82 Å². The second-order valence-electron chi connectivity index (χ2n) is 5.09. The molecule has 0 saturated heterocycles. The first kappa shape index (κ1) is 15.8. The van der Waals surface area contributed by atoms with E-state index in [1.807, 2.05) is 44.2 Å². The molecule has 1 aromatic carbocycles. The Morgan fingerprint density at radius 1 is 1.36 bits per heavy atom. The van der Waals surface area contributed by atoms with Crippen LogP contribution in [0.2, 0.25) is 0 Å². The van der Waals surface area contributed by atoms with Crippen LogP contribution in [0, 0.1) is 0 Å². The number of hydrogen-bond donors (Lipinski definition) is 0. The van der Waals surface area contributed by atoms with Gasteiger partial charge in [-0.1, -0.05) is 47.6 Å². The number of hydrogen-bond acceptors (Lipinski definition) is 4. The predicted molar refractivity (Wildman–Crippen MR) is 83.3 cm³/mol. The Morgan fingerprint density at radius 2 is 2.05 bits per heavy atom.